The Morgan fingerprint density at radius 2 is 1.66 bits per heavy atom. The summed E-state index contributed by atoms with van der Waals surface area (Å²) >= 11 is 0. The maximum absolute atomic E-state index is 13.4. The lowest BCUT2D eigenvalue weighted by Gasteiger charge is -2.31. The summed E-state index contributed by atoms with van der Waals surface area (Å²) in [6.45, 7) is 2.11. The molecule has 29 heavy (non-hydrogen) atoms. The first kappa shape index (κ1) is 19.0. The molecule has 146 valence electrons. The number of nitrogens with one attached hydrogen (secondary N) is 1. The summed E-state index contributed by atoms with van der Waals surface area (Å²) in [4.78, 5) is 12.7. The van der Waals surface area contributed by atoms with Crippen molar-refractivity contribution in [1.29, 1.82) is 0 Å². The number of allylic oxidation sites excluding steroid dienone is 1. The Bertz CT molecular complexity index is 1200. The van der Waals surface area contributed by atoms with Gasteiger partial charge in [0.15, 0.2) is 4.91 Å². The zero-order valence-electron chi connectivity index (χ0n) is 15.9. The molecule has 0 radical (unpaired) electrons. The highest BCUT2D eigenvalue weighted by Gasteiger charge is 2.40. The molecule has 0 spiro atoms. The fraction of sp³-hybridized carbons (Fsp3) is 0.0870. The molecule has 0 saturated carbocycles. The van der Waals surface area contributed by atoms with Crippen LogP contribution >= 0.6 is 0 Å². The average molecular weight is 404 g/mol. The molecule has 0 aliphatic carbocycles. The zero-order valence-corrected chi connectivity index (χ0v) is 16.7. The largest absolute Gasteiger partial charge is 0.360 e. The van der Waals surface area contributed by atoms with Crippen LogP contribution in [-0.4, -0.2) is 14.2 Å². The molecule has 0 fully saturated rings. The lowest BCUT2D eigenvalue weighted by Crippen LogP contribution is -2.39. The molecule has 1 N–H and O–H groups in total. The van der Waals surface area contributed by atoms with Gasteiger partial charge in [0.05, 0.1) is 12.2 Å². The van der Waals surface area contributed by atoms with Gasteiger partial charge in [0, 0.05) is 17.5 Å². The van der Waals surface area contributed by atoms with Gasteiger partial charge >= 0.3 is 0 Å². The number of Topliss-reactive ketones (excluding diaryl/α,β-unsaturated/α-hetero) is 1. The lowest BCUT2D eigenvalue weighted by atomic mass is 10.1. The van der Waals surface area contributed by atoms with E-state index in [2.05, 4.69) is 5.32 Å². The monoisotopic (exact) mass is 404 g/mol. The van der Waals surface area contributed by atoms with Crippen LogP contribution in [0.1, 0.15) is 21.5 Å². The number of rotatable bonds is 4. The van der Waals surface area contributed by atoms with Gasteiger partial charge in [0.2, 0.25) is 5.78 Å². The number of sulfonamides is 1. The van der Waals surface area contributed by atoms with Crippen LogP contribution in [0.4, 0.5) is 11.4 Å². The number of carbonyl (C=O) groups is 1. The van der Waals surface area contributed by atoms with Gasteiger partial charge in [-0.15, -0.1) is 0 Å². The van der Waals surface area contributed by atoms with Crippen LogP contribution in [0.2, 0.25) is 0 Å². The topological polar surface area (TPSA) is 66.5 Å². The predicted octanol–water partition coefficient (Wildman–Crippen LogP) is 4.48. The van der Waals surface area contributed by atoms with E-state index in [1.165, 1.54) is 10.5 Å². The Labute approximate surface area is 170 Å². The average Bonchev–Trinajstić information content (AvgIpc) is 2.72. The van der Waals surface area contributed by atoms with Crippen LogP contribution in [0.5, 0.6) is 0 Å². The van der Waals surface area contributed by atoms with Crippen LogP contribution in [-0.2, 0) is 16.6 Å². The Morgan fingerprint density at radius 1 is 0.931 bits per heavy atom. The Morgan fingerprint density at radius 3 is 2.41 bits per heavy atom. The number of benzene rings is 3. The maximum Gasteiger partial charge on any atom is 0.270 e. The lowest BCUT2D eigenvalue weighted by molar-refractivity contribution is 0.104. The molecule has 3 aromatic carbocycles. The summed E-state index contributed by atoms with van der Waals surface area (Å²) in [6, 6.07) is 23.6. The SMILES string of the molecule is Cc1cccc(CN2c3ccccc3C(=O)C(=CNc3ccccc3)S2(=O)=O)c1. The quantitative estimate of drug-likeness (QED) is 0.651. The fourth-order valence-electron chi connectivity index (χ4n) is 3.35. The van der Waals surface area contributed by atoms with Crippen molar-refractivity contribution in [2.24, 2.45) is 0 Å². The number of para-hydroxylation sites is 2. The second-order valence-electron chi connectivity index (χ2n) is 6.87. The smallest absolute Gasteiger partial charge is 0.270 e. The molecule has 0 unspecified atom stereocenters. The van der Waals surface area contributed by atoms with E-state index in [0.29, 0.717) is 16.9 Å². The summed E-state index contributed by atoms with van der Waals surface area (Å²) in [6.07, 6.45) is 1.28. The van der Waals surface area contributed by atoms with Crippen LogP contribution in [0.15, 0.2) is 90.0 Å². The number of aryl methyl sites for hydroxylation is 1. The molecule has 0 atom stereocenters. The van der Waals surface area contributed by atoms with Crippen molar-refractivity contribution >= 4 is 27.2 Å². The number of fused-ring (bicyclic) bond motifs is 1. The summed E-state index contributed by atoms with van der Waals surface area (Å²) in [5.74, 6) is -0.510. The molecule has 3 aromatic rings. The molecular weight excluding hydrogens is 384 g/mol. The van der Waals surface area contributed by atoms with Crippen LogP contribution < -0.4 is 9.62 Å². The van der Waals surface area contributed by atoms with E-state index in [1.807, 2.05) is 49.4 Å². The number of carbonyl (C=O) groups excluding carboxylic acids is 1. The third kappa shape index (κ3) is 3.67. The minimum Gasteiger partial charge on any atom is -0.360 e. The molecule has 1 heterocycles. The van der Waals surface area contributed by atoms with Gasteiger partial charge in [-0.2, -0.15) is 0 Å². The van der Waals surface area contributed by atoms with Crippen molar-refractivity contribution in [1.82, 2.24) is 0 Å². The number of nitrogens with zero attached hydrogens (tertiary/aromatic N) is 1. The second-order valence-corrected chi connectivity index (χ2v) is 8.70. The molecule has 0 amide bonds. The van der Waals surface area contributed by atoms with Gasteiger partial charge in [-0.3, -0.25) is 9.10 Å². The molecule has 0 saturated heterocycles. The molecular formula is C23H20N2O3S. The summed E-state index contributed by atoms with van der Waals surface area (Å²) in [5, 5.41) is 2.94. The van der Waals surface area contributed by atoms with Gasteiger partial charge in [-0.1, -0.05) is 60.2 Å². The van der Waals surface area contributed by atoms with Gasteiger partial charge < -0.3 is 5.32 Å². The minimum absolute atomic E-state index is 0.150. The van der Waals surface area contributed by atoms with Gasteiger partial charge in [-0.05, 0) is 36.8 Å². The normalized spacial score (nSPS) is 16.5. The van der Waals surface area contributed by atoms with E-state index in [1.54, 1.807) is 36.4 Å². The standard InChI is InChI=1S/C23H20N2O3S/c1-17-8-7-9-18(14-17)16-25-21-13-6-5-12-20(21)23(26)22(29(25,27)28)15-24-19-10-3-2-4-11-19/h2-15,24H,16H2,1H3. The summed E-state index contributed by atoms with van der Waals surface area (Å²) in [5.41, 5.74) is 3.37. The van der Waals surface area contributed by atoms with Crippen LogP contribution in [0, 0.1) is 6.92 Å². The van der Waals surface area contributed by atoms with Crippen molar-refractivity contribution in [3.8, 4) is 0 Å². The van der Waals surface area contributed by atoms with E-state index < -0.39 is 15.8 Å². The van der Waals surface area contributed by atoms with E-state index in [0.717, 1.165) is 11.1 Å². The first-order chi connectivity index (χ1) is 14.0. The molecule has 4 rings (SSSR count). The predicted molar refractivity (Wildman–Crippen MR) is 115 cm³/mol. The molecule has 1 aliphatic rings. The highest BCUT2D eigenvalue weighted by molar-refractivity contribution is 7.97. The Hall–Kier alpha value is -3.38. The van der Waals surface area contributed by atoms with Crippen molar-refractivity contribution < 1.29 is 13.2 Å². The molecule has 5 nitrogen and oxygen atoms in total. The van der Waals surface area contributed by atoms with Crippen molar-refractivity contribution in [2.75, 3.05) is 9.62 Å². The third-order valence-corrected chi connectivity index (χ3v) is 6.53. The number of ketones is 1. The van der Waals surface area contributed by atoms with Gasteiger partial charge in [0.1, 0.15) is 0 Å². The van der Waals surface area contributed by atoms with Crippen LogP contribution in [0.25, 0.3) is 0 Å². The summed E-state index contributed by atoms with van der Waals surface area (Å²) < 4.78 is 28.1. The highest BCUT2D eigenvalue weighted by atomic mass is 32.2. The van der Waals surface area contributed by atoms with E-state index in [-0.39, 0.29) is 11.4 Å². The van der Waals surface area contributed by atoms with Gasteiger partial charge in [0.25, 0.3) is 10.0 Å². The number of anilines is 2. The van der Waals surface area contributed by atoms with E-state index >= 15 is 0 Å². The highest BCUT2D eigenvalue weighted by Crippen LogP contribution is 2.36. The second kappa shape index (κ2) is 7.56. The Balaban J connectivity index is 1.79. The molecule has 6 heteroatoms. The minimum atomic E-state index is -4.03. The number of hydrogen-bond donors (Lipinski definition) is 1. The fourth-order valence-corrected chi connectivity index (χ4v) is 4.88. The first-order valence-corrected chi connectivity index (χ1v) is 10.6. The van der Waals surface area contributed by atoms with Gasteiger partial charge in [-0.25, -0.2) is 8.42 Å². The first-order valence-electron chi connectivity index (χ1n) is 9.20. The van der Waals surface area contributed by atoms with Crippen molar-refractivity contribution in [3.05, 3.63) is 107 Å². The summed E-state index contributed by atoms with van der Waals surface area (Å²) in [7, 11) is -4.03. The van der Waals surface area contributed by atoms with Crippen molar-refractivity contribution in [3.63, 3.8) is 0 Å². The van der Waals surface area contributed by atoms with Crippen LogP contribution in [0.3, 0.4) is 0 Å². The Kier molecular flexibility index (Phi) is 4.94. The van der Waals surface area contributed by atoms with Crippen molar-refractivity contribution in [2.45, 2.75) is 13.5 Å². The molecule has 1 aliphatic heterocycles. The number of hydrogen-bond acceptors (Lipinski definition) is 4. The van der Waals surface area contributed by atoms with E-state index in [9.17, 15) is 13.2 Å². The molecule has 0 aromatic heterocycles. The third-order valence-electron chi connectivity index (χ3n) is 4.76. The zero-order chi connectivity index (χ0) is 20.4. The maximum atomic E-state index is 13.4. The van der Waals surface area contributed by atoms with E-state index in [4.69, 9.17) is 0 Å². The molecule has 0 bridgehead atoms.